The van der Waals surface area contributed by atoms with Gasteiger partial charge in [-0.3, -0.25) is 0 Å². The molecular formula is C13H24N2O2S3. The molecule has 0 bridgehead atoms. The van der Waals surface area contributed by atoms with Crippen LogP contribution >= 0.6 is 23.1 Å². The molecule has 0 saturated carbocycles. The van der Waals surface area contributed by atoms with E-state index in [0.717, 1.165) is 23.3 Å². The van der Waals surface area contributed by atoms with E-state index in [-0.39, 0.29) is 4.75 Å². The standard InChI is InChI=1S/C13H24N2O2S3/c1-5-13(6-2,18-4)9-15-20(16,17)12-7-10(3)11(8-14)19-12/h7,15H,5-6,8-9,14H2,1-4H3. The normalized spacial score (nSPS) is 12.8. The lowest BCUT2D eigenvalue weighted by atomic mass is 10.0. The van der Waals surface area contributed by atoms with E-state index in [9.17, 15) is 8.42 Å². The molecule has 20 heavy (non-hydrogen) atoms. The van der Waals surface area contributed by atoms with Crippen LogP contribution in [0.2, 0.25) is 0 Å². The Labute approximate surface area is 130 Å². The van der Waals surface area contributed by atoms with Crippen molar-refractivity contribution in [2.75, 3.05) is 12.8 Å². The van der Waals surface area contributed by atoms with E-state index in [2.05, 4.69) is 18.6 Å². The number of rotatable bonds is 8. The molecule has 1 aromatic rings. The van der Waals surface area contributed by atoms with Crippen LogP contribution in [0.4, 0.5) is 0 Å². The predicted octanol–water partition coefficient (Wildman–Crippen LogP) is 2.72. The van der Waals surface area contributed by atoms with E-state index in [4.69, 9.17) is 5.73 Å². The second-order valence-electron chi connectivity index (χ2n) is 4.79. The number of thioether (sulfide) groups is 1. The zero-order valence-corrected chi connectivity index (χ0v) is 15.0. The Hall–Kier alpha value is -0.0800. The van der Waals surface area contributed by atoms with E-state index < -0.39 is 10.0 Å². The molecule has 0 spiro atoms. The summed E-state index contributed by atoms with van der Waals surface area (Å²) in [7, 11) is -3.44. The molecule has 0 aliphatic rings. The van der Waals surface area contributed by atoms with Gasteiger partial charge in [-0.15, -0.1) is 11.3 Å². The van der Waals surface area contributed by atoms with Gasteiger partial charge in [-0.05, 0) is 37.7 Å². The van der Waals surface area contributed by atoms with Crippen LogP contribution in [-0.4, -0.2) is 26.0 Å². The molecule has 4 nitrogen and oxygen atoms in total. The number of aryl methyl sites for hydroxylation is 1. The quantitative estimate of drug-likeness (QED) is 0.765. The molecule has 0 aliphatic carbocycles. The number of hydrogen-bond acceptors (Lipinski definition) is 5. The van der Waals surface area contributed by atoms with Gasteiger partial charge in [0.2, 0.25) is 10.0 Å². The second kappa shape index (κ2) is 7.26. The number of nitrogens with one attached hydrogen (secondary N) is 1. The van der Waals surface area contributed by atoms with E-state index in [1.54, 1.807) is 17.8 Å². The van der Waals surface area contributed by atoms with Crippen LogP contribution in [0, 0.1) is 6.92 Å². The van der Waals surface area contributed by atoms with Crippen LogP contribution < -0.4 is 10.5 Å². The van der Waals surface area contributed by atoms with Crippen LogP contribution in [0.5, 0.6) is 0 Å². The molecule has 0 atom stereocenters. The van der Waals surface area contributed by atoms with Crippen molar-refractivity contribution >= 4 is 33.1 Å². The van der Waals surface area contributed by atoms with Crippen molar-refractivity contribution in [3.8, 4) is 0 Å². The molecule has 0 aliphatic heterocycles. The molecule has 7 heteroatoms. The number of nitrogens with two attached hydrogens (primary N) is 1. The molecule has 0 saturated heterocycles. The molecule has 0 radical (unpaired) electrons. The topological polar surface area (TPSA) is 72.2 Å². The van der Waals surface area contributed by atoms with Crippen molar-refractivity contribution in [3.63, 3.8) is 0 Å². The first-order valence-corrected chi connectivity index (χ1v) is 10.2. The largest absolute Gasteiger partial charge is 0.326 e. The van der Waals surface area contributed by atoms with E-state index in [0.29, 0.717) is 17.3 Å². The van der Waals surface area contributed by atoms with Gasteiger partial charge in [-0.25, -0.2) is 13.1 Å². The zero-order chi connectivity index (χ0) is 15.4. The van der Waals surface area contributed by atoms with E-state index in [1.165, 1.54) is 11.3 Å². The molecule has 1 aromatic heterocycles. The fraction of sp³-hybridized carbons (Fsp3) is 0.692. The van der Waals surface area contributed by atoms with Crippen molar-refractivity contribution in [2.24, 2.45) is 5.73 Å². The van der Waals surface area contributed by atoms with Crippen molar-refractivity contribution in [2.45, 2.75) is 49.1 Å². The summed E-state index contributed by atoms with van der Waals surface area (Å²) in [6.07, 6.45) is 3.90. The van der Waals surface area contributed by atoms with Crippen LogP contribution in [-0.2, 0) is 16.6 Å². The Bertz CT molecular complexity index is 526. The summed E-state index contributed by atoms with van der Waals surface area (Å²) < 4.78 is 27.8. The SMILES string of the molecule is CCC(CC)(CNS(=O)(=O)c1cc(C)c(CN)s1)SC. The Kier molecular flexibility index (Phi) is 6.53. The van der Waals surface area contributed by atoms with Gasteiger partial charge in [-0.2, -0.15) is 11.8 Å². The summed E-state index contributed by atoms with van der Waals surface area (Å²) in [5.41, 5.74) is 6.55. The molecule has 116 valence electrons. The third-order valence-electron chi connectivity index (χ3n) is 3.75. The Morgan fingerprint density at radius 3 is 2.40 bits per heavy atom. The lowest BCUT2D eigenvalue weighted by molar-refractivity contribution is 0.523. The maximum atomic E-state index is 12.4. The van der Waals surface area contributed by atoms with Gasteiger partial charge in [0.05, 0.1) is 0 Å². The van der Waals surface area contributed by atoms with Gasteiger partial charge in [0.15, 0.2) is 0 Å². The van der Waals surface area contributed by atoms with Gasteiger partial charge in [0, 0.05) is 22.7 Å². The molecule has 0 fully saturated rings. The van der Waals surface area contributed by atoms with E-state index >= 15 is 0 Å². The summed E-state index contributed by atoms with van der Waals surface area (Å²) >= 11 is 2.98. The van der Waals surface area contributed by atoms with Gasteiger partial charge in [0.1, 0.15) is 4.21 Å². The third-order valence-corrected chi connectivity index (χ3v) is 8.48. The van der Waals surface area contributed by atoms with Gasteiger partial charge < -0.3 is 5.73 Å². The summed E-state index contributed by atoms with van der Waals surface area (Å²) in [6.45, 7) is 6.91. The third kappa shape index (κ3) is 3.98. The minimum Gasteiger partial charge on any atom is -0.326 e. The molecule has 0 unspecified atom stereocenters. The first kappa shape index (κ1) is 18.0. The first-order chi connectivity index (χ1) is 9.34. The van der Waals surface area contributed by atoms with Crippen LogP contribution in [0.3, 0.4) is 0 Å². The molecule has 1 heterocycles. The Morgan fingerprint density at radius 1 is 1.40 bits per heavy atom. The van der Waals surface area contributed by atoms with Crippen LogP contribution in [0.15, 0.2) is 10.3 Å². The highest BCUT2D eigenvalue weighted by molar-refractivity contribution is 8.00. The summed E-state index contributed by atoms with van der Waals surface area (Å²) in [5.74, 6) is 0. The highest BCUT2D eigenvalue weighted by Gasteiger charge is 2.28. The maximum Gasteiger partial charge on any atom is 0.250 e. The van der Waals surface area contributed by atoms with Crippen molar-refractivity contribution in [3.05, 3.63) is 16.5 Å². The highest BCUT2D eigenvalue weighted by atomic mass is 32.2. The maximum absolute atomic E-state index is 12.4. The number of sulfonamides is 1. The Balaban J connectivity index is 2.89. The zero-order valence-electron chi connectivity index (χ0n) is 12.5. The average Bonchev–Trinajstić information content (AvgIpc) is 2.83. The van der Waals surface area contributed by atoms with Gasteiger partial charge >= 0.3 is 0 Å². The second-order valence-corrected chi connectivity index (χ2v) is 9.20. The molecule has 0 aromatic carbocycles. The molecule has 0 amide bonds. The van der Waals surface area contributed by atoms with Crippen molar-refractivity contribution in [1.29, 1.82) is 0 Å². The van der Waals surface area contributed by atoms with Crippen LogP contribution in [0.1, 0.15) is 37.1 Å². The van der Waals surface area contributed by atoms with Gasteiger partial charge in [0.25, 0.3) is 0 Å². The van der Waals surface area contributed by atoms with Gasteiger partial charge in [-0.1, -0.05) is 13.8 Å². The number of hydrogen-bond donors (Lipinski definition) is 2. The fourth-order valence-electron chi connectivity index (χ4n) is 1.98. The molecular weight excluding hydrogens is 312 g/mol. The molecule has 1 rings (SSSR count). The van der Waals surface area contributed by atoms with Crippen molar-refractivity contribution in [1.82, 2.24) is 4.72 Å². The number of thiophene rings is 1. The molecule has 3 N–H and O–H groups in total. The summed E-state index contributed by atoms with van der Waals surface area (Å²) in [4.78, 5) is 0.924. The lowest BCUT2D eigenvalue weighted by Crippen LogP contribution is -2.39. The summed E-state index contributed by atoms with van der Waals surface area (Å²) in [5, 5.41) is 0. The summed E-state index contributed by atoms with van der Waals surface area (Å²) in [6, 6.07) is 1.70. The van der Waals surface area contributed by atoms with Crippen molar-refractivity contribution < 1.29 is 8.42 Å². The smallest absolute Gasteiger partial charge is 0.250 e. The minimum absolute atomic E-state index is 0.0317. The fourth-order valence-corrected chi connectivity index (χ4v) is 5.51. The lowest BCUT2D eigenvalue weighted by Gasteiger charge is -2.29. The van der Waals surface area contributed by atoms with E-state index in [1.807, 2.05) is 13.2 Å². The highest BCUT2D eigenvalue weighted by Crippen LogP contribution is 2.31. The Morgan fingerprint density at radius 2 is 2.00 bits per heavy atom. The monoisotopic (exact) mass is 336 g/mol. The first-order valence-electron chi connectivity index (χ1n) is 6.68. The average molecular weight is 337 g/mol. The van der Waals surface area contributed by atoms with Crippen LogP contribution in [0.25, 0.3) is 0 Å². The minimum atomic E-state index is -3.44. The predicted molar refractivity (Wildman–Crippen MR) is 89.0 cm³/mol.